The Balaban J connectivity index is 2.21. The maximum Gasteiger partial charge on any atom is 0.329 e. The topological polar surface area (TPSA) is 84.2 Å². The predicted octanol–water partition coefficient (Wildman–Crippen LogP) is 2.37. The smallest absolute Gasteiger partial charge is 0.329 e. The van der Waals surface area contributed by atoms with Crippen molar-refractivity contribution in [2.24, 2.45) is 0 Å². The molecule has 0 aromatic carbocycles. The molecule has 0 saturated heterocycles. The average molecular weight is 293 g/mol. The Morgan fingerprint density at radius 2 is 2.00 bits per heavy atom. The zero-order valence-electron chi connectivity index (χ0n) is 12.6. The van der Waals surface area contributed by atoms with Gasteiger partial charge in [-0.25, -0.2) is 4.79 Å². The largest absolute Gasteiger partial charge is 0.480 e. The number of rotatable bonds is 6. The van der Waals surface area contributed by atoms with Crippen molar-refractivity contribution >= 4 is 11.9 Å². The molecule has 21 heavy (non-hydrogen) atoms. The molecular formula is C15H23N3O3. The number of aromatic nitrogens is 2. The molecule has 6 nitrogen and oxygen atoms in total. The van der Waals surface area contributed by atoms with Gasteiger partial charge in [0.2, 0.25) is 0 Å². The van der Waals surface area contributed by atoms with Crippen molar-refractivity contribution in [1.82, 2.24) is 15.1 Å². The third-order valence-corrected chi connectivity index (χ3v) is 4.41. The van der Waals surface area contributed by atoms with Gasteiger partial charge in [0.15, 0.2) is 0 Å². The van der Waals surface area contributed by atoms with Crippen LogP contribution in [0.3, 0.4) is 0 Å². The number of carboxylic acid groups (broad SMARTS) is 1. The number of carbonyl (C=O) groups is 2. The fourth-order valence-corrected chi connectivity index (χ4v) is 3.07. The van der Waals surface area contributed by atoms with Crippen molar-refractivity contribution in [2.45, 2.75) is 64.0 Å². The Morgan fingerprint density at radius 1 is 1.38 bits per heavy atom. The van der Waals surface area contributed by atoms with Crippen LogP contribution in [0.4, 0.5) is 0 Å². The molecule has 1 aromatic heterocycles. The number of nitrogens with zero attached hydrogens (tertiary/aromatic N) is 2. The van der Waals surface area contributed by atoms with Gasteiger partial charge in [-0.2, -0.15) is 5.10 Å². The van der Waals surface area contributed by atoms with Crippen LogP contribution in [0.15, 0.2) is 12.3 Å². The van der Waals surface area contributed by atoms with Crippen LogP contribution in [0.25, 0.3) is 0 Å². The molecular weight excluding hydrogens is 270 g/mol. The molecule has 0 aliphatic heterocycles. The van der Waals surface area contributed by atoms with Gasteiger partial charge in [-0.15, -0.1) is 0 Å². The quantitative estimate of drug-likeness (QED) is 0.843. The SMILES string of the molecule is CCC(CC)n1nccc1C(=O)NC1(C(=O)O)CCCC1. The van der Waals surface area contributed by atoms with Crippen LogP contribution in [0.5, 0.6) is 0 Å². The van der Waals surface area contributed by atoms with E-state index in [1.807, 2.05) is 13.8 Å². The van der Waals surface area contributed by atoms with E-state index < -0.39 is 11.5 Å². The van der Waals surface area contributed by atoms with E-state index >= 15 is 0 Å². The van der Waals surface area contributed by atoms with Crippen LogP contribution >= 0.6 is 0 Å². The van der Waals surface area contributed by atoms with E-state index in [0.29, 0.717) is 18.5 Å². The molecule has 0 bridgehead atoms. The summed E-state index contributed by atoms with van der Waals surface area (Å²) in [5.41, 5.74) is -0.670. The summed E-state index contributed by atoms with van der Waals surface area (Å²) in [7, 11) is 0. The fraction of sp³-hybridized carbons (Fsp3) is 0.667. The van der Waals surface area contributed by atoms with Crippen molar-refractivity contribution in [3.8, 4) is 0 Å². The summed E-state index contributed by atoms with van der Waals surface area (Å²) in [6, 6.07) is 1.81. The minimum absolute atomic E-state index is 0.158. The highest BCUT2D eigenvalue weighted by molar-refractivity contribution is 5.96. The molecule has 116 valence electrons. The van der Waals surface area contributed by atoms with Gasteiger partial charge in [0, 0.05) is 6.20 Å². The van der Waals surface area contributed by atoms with Gasteiger partial charge < -0.3 is 10.4 Å². The van der Waals surface area contributed by atoms with Crippen molar-refractivity contribution in [1.29, 1.82) is 0 Å². The first-order chi connectivity index (χ1) is 10.0. The van der Waals surface area contributed by atoms with Crippen LogP contribution in [0.2, 0.25) is 0 Å². The van der Waals surface area contributed by atoms with Crippen molar-refractivity contribution in [2.75, 3.05) is 0 Å². The molecule has 1 fully saturated rings. The highest BCUT2D eigenvalue weighted by Gasteiger charge is 2.43. The van der Waals surface area contributed by atoms with E-state index in [0.717, 1.165) is 25.7 Å². The second-order valence-electron chi connectivity index (χ2n) is 5.68. The number of carbonyl (C=O) groups excluding carboxylic acids is 1. The first-order valence-electron chi connectivity index (χ1n) is 7.63. The molecule has 6 heteroatoms. The number of aliphatic carboxylic acids is 1. The van der Waals surface area contributed by atoms with Gasteiger partial charge in [0.05, 0.1) is 6.04 Å². The van der Waals surface area contributed by atoms with Crippen LogP contribution < -0.4 is 5.32 Å². The first kappa shape index (κ1) is 15.5. The summed E-state index contributed by atoms with van der Waals surface area (Å²) in [5, 5.41) is 16.4. The second kappa shape index (κ2) is 6.28. The Labute approximate surface area is 124 Å². The van der Waals surface area contributed by atoms with Gasteiger partial charge >= 0.3 is 5.97 Å². The minimum Gasteiger partial charge on any atom is -0.480 e. The second-order valence-corrected chi connectivity index (χ2v) is 5.68. The average Bonchev–Trinajstić information content (AvgIpc) is 3.10. The lowest BCUT2D eigenvalue weighted by atomic mass is 9.97. The molecule has 1 amide bonds. The summed E-state index contributed by atoms with van der Waals surface area (Å²) in [6.07, 6.45) is 6.00. The maximum absolute atomic E-state index is 12.5. The third kappa shape index (κ3) is 2.94. The number of hydrogen-bond acceptors (Lipinski definition) is 3. The van der Waals surface area contributed by atoms with E-state index in [2.05, 4.69) is 10.4 Å². The Kier molecular flexibility index (Phi) is 4.65. The Bertz CT molecular complexity index is 514. The summed E-state index contributed by atoms with van der Waals surface area (Å²) in [5.74, 6) is -1.29. The lowest BCUT2D eigenvalue weighted by Gasteiger charge is -2.26. The van der Waals surface area contributed by atoms with Gasteiger partial charge in [-0.3, -0.25) is 9.48 Å². The maximum atomic E-state index is 12.5. The van der Waals surface area contributed by atoms with Crippen molar-refractivity contribution < 1.29 is 14.7 Å². The van der Waals surface area contributed by atoms with E-state index in [1.165, 1.54) is 0 Å². The first-order valence-corrected chi connectivity index (χ1v) is 7.63. The highest BCUT2D eigenvalue weighted by Crippen LogP contribution is 2.30. The molecule has 1 aliphatic carbocycles. The zero-order valence-corrected chi connectivity index (χ0v) is 12.6. The molecule has 1 aliphatic rings. The third-order valence-electron chi connectivity index (χ3n) is 4.41. The predicted molar refractivity (Wildman–Crippen MR) is 78.1 cm³/mol. The molecule has 2 N–H and O–H groups in total. The van der Waals surface area contributed by atoms with Crippen molar-refractivity contribution in [3.05, 3.63) is 18.0 Å². The molecule has 1 aromatic rings. The van der Waals surface area contributed by atoms with Crippen LogP contribution in [0.1, 0.15) is 68.9 Å². The Morgan fingerprint density at radius 3 is 2.52 bits per heavy atom. The molecule has 1 heterocycles. The minimum atomic E-state index is -1.11. The van der Waals surface area contributed by atoms with Crippen LogP contribution in [-0.4, -0.2) is 32.3 Å². The van der Waals surface area contributed by atoms with Crippen LogP contribution in [0, 0.1) is 0 Å². The number of hydrogen-bond donors (Lipinski definition) is 2. The number of carboxylic acids is 1. The highest BCUT2D eigenvalue weighted by atomic mass is 16.4. The van der Waals surface area contributed by atoms with E-state index in [1.54, 1.807) is 16.9 Å². The normalized spacial score (nSPS) is 17.1. The monoisotopic (exact) mass is 293 g/mol. The van der Waals surface area contributed by atoms with Gasteiger partial charge in [-0.05, 0) is 31.7 Å². The number of amides is 1. The molecule has 2 rings (SSSR count). The molecule has 0 spiro atoms. The van der Waals surface area contributed by atoms with Gasteiger partial charge in [-0.1, -0.05) is 26.7 Å². The lowest BCUT2D eigenvalue weighted by molar-refractivity contribution is -0.144. The summed E-state index contributed by atoms with van der Waals surface area (Å²) in [4.78, 5) is 24.0. The summed E-state index contributed by atoms with van der Waals surface area (Å²) >= 11 is 0. The molecule has 0 atom stereocenters. The van der Waals surface area contributed by atoms with E-state index in [9.17, 15) is 14.7 Å². The summed E-state index contributed by atoms with van der Waals surface area (Å²) in [6.45, 7) is 4.10. The zero-order chi connectivity index (χ0) is 15.5. The van der Waals surface area contributed by atoms with Gasteiger partial charge in [0.25, 0.3) is 5.91 Å². The number of nitrogens with one attached hydrogen (secondary N) is 1. The lowest BCUT2D eigenvalue weighted by Crippen LogP contribution is -2.52. The molecule has 0 unspecified atom stereocenters. The molecule has 1 saturated carbocycles. The van der Waals surface area contributed by atoms with Gasteiger partial charge in [0.1, 0.15) is 11.2 Å². The van der Waals surface area contributed by atoms with Crippen LogP contribution in [-0.2, 0) is 4.79 Å². The fourth-order valence-electron chi connectivity index (χ4n) is 3.07. The Hall–Kier alpha value is -1.85. The standard InChI is InChI=1S/C15H23N3O3/c1-3-11(4-2)18-12(7-10-16-18)13(19)17-15(14(20)21)8-5-6-9-15/h7,10-11H,3-6,8-9H2,1-2H3,(H,17,19)(H,20,21). The van der Waals surface area contributed by atoms with Crippen molar-refractivity contribution in [3.63, 3.8) is 0 Å². The summed E-state index contributed by atoms with van der Waals surface area (Å²) < 4.78 is 1.71. The van der Waals surface area contributed by atoms with E-state index in [-0.39, 0.29) is 11.9 Å². The van der Waals surface area contributed by atoms with E-state index in [4.69, 9.17) is 0 Å². The molecule has 0 radical (unpaired) electrons.